The largest absolute Gasteiger partial charge is 0.458 e. The van der Waals surface area contributed by atoms with E-state index in [1.807, 2.05) is 6.07 Å². The van der Waals surface area contributed by atoms with Gasteiger partial charge in [0.2, 0.25) is 5.43 Å². The Balaban J connectivity index is 1.66. The lowest BCUT2D eigenvalue weighted by Gasteiger charge is -2.14. The lowest BCUT2D eigenvalue weighted by atomic mass is 10.1. The zero-order valence-electron chi connectivity index (χ0n) is 13.7. The Hall–Kier alpha value is -3.02. The van der Waals surface area contributed by atoms with Gasteiger partial charge in [0.25, 0.3) is 0 Å². The number of rotatable bonds is 5. The van der Waals surface area contributed by atoms with Gasteiger partial charge in [0.1, 0.15) is 11.9 Å². The molecular formula is C19H17FN2O3. The normalized spacial score (nSPS) is 12.1. The van der Waals surface area contributed by atoms with E-state index in [9.17, 15) is 14.0 Å². The molecule has 3 aromatic rings. The number of nitrogens with zero attached hydrogens (tertiary/aromatic N) is 2. The molecule has 0 N–H and O–H groups in total. The van der Waals surface area contributed by atoms with Crippen LogP contribution in [0, 0.1) is 5.82 Å². The molecule has 0 unspecified atom stereocenters. The van der Waals surface area contributed by atoms with Gasteiger partial charge in [-0.2, -0.15) is 5.10 Å². The van der Waals surface area contributed by atoms with Crippen molar-refractivity contribution in [1.29, 1.82) is 0 Å². The molecule has 0 aliphatic rings. The average molecular weight is 340 g/mol. The highest BCUT2D eigenvalue weighted by Gasteiger charge is 2.13. The fourth-order valence-corrected chi connectivity index (χ4v) is 2.59. The summed E-state index contributed by atoms with van der Waals surface area (Å²) in [7, 11) is 0. The van der Waals surface area contributed by atoms with Gasteiger partial charge in [0, 0.05) is 5.39 Å². The maximum atomic E-state index is 12.9. The fourth-order valence-electron chi connectivity index (χ4n) is 2.59. The van der Waals surface area contributed by atoms with E-state index in [1.54, 1.807) is 41.9 Å². The Labute approximate surface area is 143 Å². The van der Waals surface area contributed by atoms with Crippen molar-refractivity contribution in [3.63, 3.8) is 0 Å². The van der Waals surface area contributed by atoms with Crippen molar-refractivity contribution in [2.75, 3.05) is 0 Å². The van der Waals surface area contributed by atoms with Crippen molar-refractivity contribution in [3.05, 3.63) is 76.3 Å². The standard InChI is InChI=1S/C19H17FN2O3/c1-13(14-6-8-15(20)9-7-14)25-19(24)10-11-22-17-5-3-2-4-16(17)18(23)12-21-22/h2-9,12-13H,10-11H2,1H3/t13-/m0/s1. The number of aromatic nitrogens is 2. The number of esters is 1. The van der Waals surface area contributed by atoms with Gasteiger partial charge in [-0.05, 0) is 36.8 Å². The first-order valence-corrected chi connectivity index (χ1v) is 7.94. The lowest BCUT2D eigenvalue weighted by Crippen LogP contribution is -2.16. The summed E-state index contributed by atoms with van der Waals surface area (Å²) < 4.78 is 19.9. The highest BCUT2D eigenvalue weighted by molar-refractivity contribution is 5.78. The number of benzene rings is 2. The van der Waals surface area contributed by atoms with Gasteiger partial charge in [-0.3, -0.25) is 14.3 Å². The maximum Gasteiger partial charge on any atom is 0.308 e. The number of aryl methyl sites for hydroxylation is 1. The summed E-state index contributed by atoms with van der Waals surface area (Å²) in [4.78, 5) is 23.9. The molecule has 1 aromatic heterocycles. The van der Waals surface area contributed by atoms with Crippen molar-refractivity contribution in [2.45, 2.75) is 26.0 Å². The van der Waals surface area contributed by atoms with Crippen molar-refractivity contribution >= 4 is 16.9 Å². The number of halogens is 1. The van der Waals surface area contributed by atoms with Crippen LogP contribution in [0.15, 0.2) is 59.5 Å². The number of fused-ring (bicyclic) bond motifs is 1. The minimum Gasteiger partial charge on any atom is -0.458 e. The Bertz CT molecular complexity index is 951. The molecule has 0 spiro atoms. The number of carbonyl (C=O) groups is 1. The third kappa shape index (κ3) is 3.91. The first-order chi connectivity index (χ1) is 12.0. The molecule has 0 radical (unpaired) electrons. The van der Waals surface area contributed by atoms with E-state index in [0.717, 1.165) is 5.56 Å². The number of carbonyl (C=O) groups excluding carboxylic acids is 1. The summed E-state index contributed by atoms with van der Waals surface area (Å²) in [6, 6.07) is 12.9. The summed E-state index contributed by atoms with van der Waals surface area (Å²) in [6.45, 7) is 2.04. The molecule has 0 amide bonds. The van der Waals surface area contributed by atoms with E-state index in [0.29, 0.717) is 17.4 Å². The minimum absolute atomic E-state index is 0.116. The molecule has 128 valence electrons. The third-order valence-electron chi connectivity index (χ3n) is 3.94. The molecule has 1 atom stereocenters. The highest BCUT2D eigenvalue weighted by Crippen LogP contribution is 2.18. The van der Waals surface area contributed by atoms with Crippen molar-refractivity contribution in [2.24, 2.45) is 0 Å². The molecule has 0 aliphatic carbocycles. The van der Waals surface area contributed by atoms with Crippen LogP contribution in [0.25, 0.3) is 10.9 Å². The molecule has 0 saturated carbocycles. The second-order valence-electron chi connectivity index (χ2n) is 5.68. The number of ether oxygens (including phenoxy) is 1. The van der Waals surface area contributed by atoms with Crippen LogP contribution in [-0.2, 0) is 16.1 Å². The highest BCUT2D eigenvalue weighted by atomic mass is 19.1. The van der Waals surface area contributed by atoms with Crippen molar-refractivity contribution < 1.29 is 13.9 Å². The molecule has 5 nitrogen and oxygen atoms in total. The number of para-hydroxylation sites is 1. The van der Waals surface area contributed by atoms with Crippen LogP contribution in [0.3, 0.4) is 0 Å². The molecule has 2 aromatic carbocycles. The van der Waals surface area contributed by atoms with E-state index in [1.165, 1.54) is 18.3 Å². The average Bonchev–Trinajstić information content (AvgIpc) is 2.62. The first kappa shape index (κ1) is 16.8. The van der Waals surface area contributed by atoms with E-state index >= 15 is 0 Å². The van der Waals surface area contributed by atoms with Crippen LogP contribution < -0.4 is 5.43 Å². The number of hydrogen-bond acceptors (Lipinski definition) is 4. The molecule has 0 saturated heterocycles. The lowest BCUT2D eigenvalue weighted by molar-refractivity contribution is -0.148. The van der Waals surface area contributed by atoms with Crippen molar-refractivity contribution in [1.82, 2.24) is 9.78 Å². The predicted molar refractivity (Wildman–Crippen MR) is 91.5 cm³/mol. The van der Waals surface area contributed by atoms with E-state index in [2.05, 4.69) is 5.10 Å². The van der Waals surface area contributed by atoms with Gasteiger partial charge in [-0.25, -0.2) is 4.39 Å². The molecule has 0 fully saturated rings. The topological polar surface area (TPSA) is 61.2 Å². The second kappa shape index (κ2) is 7.25. The van der Waals surface area contributed by atoms with E-state index < -0.39 is 6.10 Å². The Morgan fingerprint density at radius 3 is 2.68 bits per heavy atom. The predicted octanol–water partition coefficient (Wildman–Crippen LogP) is 3.23. The zero-order chi connectivity index (χ0) is 17.8. The smallest absolute Gasteiger partial charge is 0.308 e. The summed E-state index contributed by atoms with van der Waals surface area (Å²) in [6.07, 6.45) is 0.895. The van der Waals surface area contributed by atoms with E-state index in [-0.39, 0.29) is 23.6 Å². The Kier molecular flexibility index (Phi) is 4.88. The Morgan fingerprint density at radius 2 is 1.92 bits per heavy atom. The van der Waals surface area contributed by atoms with Crippen LogP contribution >= 0.6 is 0 Å². The van der Waals surface area contributed by atoms with Crippen LogP contribution in [0.2, 0.25) is 0 Å². The molecule has 3 rings (SSSR count). The SMILES string of the molecule is C[C@H](OC(=O)CCn1ncc(=O)c2ccccc21)c1ccc(F)cc1. The van der Waals surface area contributed by atoms with Crippen LogP contribution in [0.5, 0.6) is 0 Å². The molecule has 6 heteroatoms. The minimum atomic E-state index is -0.466. The monoisotopic (exact) mass is 340 g/mol. The zero-order valence-corrected chi connectivity index (χ0v) is 13.7. The molecule has 25 heavy (non-hydrogen) atoms. The van der Waals surface area contributed by atoms with Gasteiger partial charge in [-0.15, -0.1) is 0 Å². The molecule has 1 heterocycles. The van der Waals surface area contributed by atoms with Gasteiger partial charge in [0.05, 0.1) is 24.7 Å². The molecular weight excluding hydrogens is 323 g/mol. The third-order valence-corrected chi connectivity index (χ3v) is 3.94. The van der Waals surface area contributed by atoms with Crippen molar-refractivity contribution in [3.8, 4) is 0 Å². The quantitative estimate of drug-likeness (QED) is 0.669. The Morgan fingerprint density at radius 1 is 1.20 bits per heavy atom. The van der Waals surface area contributed by atoms with Gasteiger partial charge >= 0.3 is 5.97 Å². The van der Waals surface area contributed by atoms with Gasteiger partial charge in [0.15, 0.2) is 0 Å². The summed E-state index contributed by atoms with van der Waals surface area (Å²) in [5.41, 5.74) is 1.25. The van der Waals surface area contributed by atoms with Gasteiger partial charge < -0.3 is 4.74 Å². The maximum absolute atomic E-state index is 12.9. The molecule has 0 bridgehead atoms. The first-order valence-electron chi connectivity index (χ1n) is 7.94. The van der Waals surface area contributed by atoms with Crippen LogP contribution in [-0.4, -0.2) is 15.7 Å². The summed E-state index contributed by atoms with van der Waals surface area (Å²) in [5.74, 6) is -0.722. The van der Waals surface area contributed by atoms with Crippen LogP contribution in [0.1, 0.15) is 25.0 Å². The number of hydrogen-bond donors (Lipinski definition) is 0. The van der Waals surface area contributed by atoms with E-state index in [4.69, 9.17) is 4.74 Å². The summed E-state index contributed by atoms with van der Waals surface area (Å²) >= 11 is 0. The second-order valence-corrected chi connectivity index (χ2v) is 5.68. The fraction of sp³-hybridized carbons (Fsp3) is 0.211. The summed E-state index contributed by atoms with van der Waals surface area (Å²) in [5, 5.41) is 4.64. The molecule has 0 aliphatic heterocycles. The van der Waals surface area contributed by atoms with Gasteiger partial charge in [-0.1, -0.05) is 24.3 Å². The van der Waals surface area contributed by atoms with Crippen LogP contribution in [0.4, 0.5) is 4.39 Å².